The van der Waals surface area contributed by atoms with Crippen molar-refractivity contribution in [3.63, 3.8) is 0 Å². The van der Waals surface area contributed by atoms with E-state index < -0.39 is 11.6 Å². The summed E-state index contributed by atoms with van der Waals surface area (Å²) in [5.74, 6) is -0.256. The highest BCUT2D eigenvalue weighted by Gasteiger charge is 2.09. The maximum absolute atomic E-state index is 13.5. The molecule has 0 fully saturated rings. The fraction of sp³-hybridized carbons (Fsp3) is 0.100. The van der Waals surface area contributed by atoms with E-state index >= 15 is 0 Å². The second kappa shape index (κ2) is 8.11. The highest BCUT2D eigenvalue weighted by atomic mass is 19.2. The summed E-state index contributed by atoms with van der Waals surface area (Å²) in [5.41, 5.74) is 1.52. The lowest BCUT2D eigenvalue weighted by Gasteiger charge is -2.11. The number of fused-ring (bicyclic) bond motifs is 1. The molecule has 0 unspecified atom stereocenters. The average molecular weight is 410 g/mol. The molecule has 0 saturated heterocycles. The van der Waals surface area contributed by atoms with Crippen LogP contribution < -0.4 is 20.1 Å². The van der Waals surface area contributed by atoms with E-state index in [1.807, 2.05) is 0 Å². The average Bonchev–Trinajstić information content (AvgIpc) is 2.75. The van der Waals surface area contributed by atoms with Crippen LogP contribution in [0.3, 0.4) is 0 Å². The zero-order valence-electron chi connectivity index (χ0n) is 16.0. The molecular weight excluding hydrogens is 394 g/mol. The lowest BCUT2D eigenvalue weighted by atomic mass is 10.2. The van der Waals surface area contributed by atoms with Crippen molar-refractivity contribution in [3.05, 3.63) is 60.6 Å². The maximum atomic E-state index is 13.5. The highest BCUT2D eigenvalue weighted by Crippen LogP contribution is 2.28. The van der Waals surface area contributed by atoms with Gasteiger partial charge >= 0.3 is 0 Å². The Morgan fingerprint density at radius 1 is 0.833 bits per heavy atom. The number of rotatable bonds is 6. The first kappa shape index (κ1) is 19.2. The van der Waals surface area contributed by atoms with E-state index in [0.29, 0.717) is 45.7 Å². The molecule has 0 spiro atoms. The third kappa shape index (κ3) is 4.02. The monoisotopic (exact) mass is 410 g/mol. The molecule has 1 aromatic carbocycles. The Morgan fingerprint density at radius 2 is 1.60 bits per heavy atom. The summed E-state index contributed by atoms with van der Waals surface area (Å²) in [6.07, 6.45) is 4.63. The Bertz CT molecular complexity index is 1220. The van der Waals surface area contributed by atoms with E-state index in [2.05, 4.69) is 30.6 Å². The molecule has 0 aliphatic heterocycles. The molecule has 3 heterocycles. The van der Waals surface area contributed by atoms with Gasteiger partial charge in [0.15, 0.2) is 17.4 Å². The van der Waals surface area contributed by atoms with Gasteiger partial charge in [0.2, 0.25) is 5.95 Å². The van der Waals surface area contributed by atoms with Gasteiger partial charge in [-0.3, -0.25) is 4.98 Å². The summed E-state index contributed by atoms with van der Waals surface area (Å²) in [7, 11) is 3.02. The van der Waals surface area contributed by atoms with Crippen molar-refractivity contribution in [1.29, 1.82) is 0 Å². The van der Waals surface area contributed by atoms with Gasteiger partial charge in [-0.2, -0.15) is 4.98 Å². The summed E-state index contributed by atoms with van der Waals surface area (Å²) in [5, 5.41) is 6.56. The molecule has 4 aromatic rings. The van der Waals surface area contributed by atoms with E-state index in [-0.39, 0.29) is 0 Å². The van der Waals surface area contributed by atoms with E-state index in [0.717, 1.165) is 12.1 Å². The summed E-state index contributed by atoms with van der Waals surface area (Å²) < 4.78 is 37.2. The zero-order valence-corrected chi connectivity index (χ0v) is 16.0. The first-order chi connectivity index (χ1) is 14.6. The van der Waals surface area contributed by atoms with Crippen LogP contribution in [0, 0.1) is 11.6 Å². The summed E-state index contributed by atoms with van der Waals surface area (Å²) in [4.78, 5) is 16.8. The van der Waals surface area contributed by atoms with Crippen molar-refractivity contribution in [3.8, 4) is 11.6 Å². The van der Waals surface area contributed by atoms with Gasteiger partial charge in [-0.05, 0) is 18.2 Å². The molecule has 0 aliphatic rings. The van der Waals surface area contributed by atoms with Crippen LogP contribution in [0.2, 0.25) is 0 Å². The molecule has 4 rings (SSSR count). The maximum Gasteiger partial charge on any atom is 0.256 e. The minimum absolute atomic E-state index is 0.316. The van der Waals surface area contributed by atoms with Crippen LogP contribution in [0.4, 0.5) is 31.9 Å². The van der Waals surface area contributed by atoms with Crippen molar-refractivity contribution in [1.82, 2.24) is 19.9 Å². The van der Waals surface area contributed by atoms with Gasteiger partial charge in [-0.25, -0.2) is 18.7 Å². The molecule has 10 heteroatoms. The number of methoxy groups -OCH3 is 2. The van der Waals surface area contributed by atoms with Crippen LogP contribution >= 0.6 is 0 Å². The number of nitrogens with zero attached hydrogens (tertiary/aromatic N) is 4. The van der Waals surface area contributed by atoms with Crippen LogP contribution in [0.5, 0.6) is 11.6 Å². The molecule has 2 N–H and O–H groups in total. The third-order valence-corrected chi connectivity index (χ3v) is 4.14. The smallest absolute Gasteiger partial charge is 0.256 e. The van der Waals surface area contributed by atoms with E-state index in [1.54, 1.807) is 30.6 Å². The summed E-state index contributed by atoms with van der Waals surface area (Å²) in [6, 6.07) is 7.17. The summed E-state index contributed by atoms with van der Waals surface area (Å²) >= 11 is 0. The number of pyridine rings is 2. The molecule has 0 saturated carbocycles. The molecule has 30 heavy (non-hydrogen) atoms. The standard InChI is InChI=1S/C20H16F2N6O2/c1-29-17-7-13(10-25-19(17)30-2)27-20-23-4-3-18(28-20)26-12-5-11-6-14(21)15(22)8-16(11)24-9-12/h3-10H,1-2H3,(H2,23,26,27,28). The van der Waals surface area contributed by atoms with Gasteiger partial charge in [0.1, 0.15) is 5.82 Å². The molecule has 0 bridgehead atoms. The predicted molar refractivity (Wildman–Crippen MR) is 108 cm³/mol. The van der Waals surface area contributed by atoms with Crippen molar-refractivity contribution in [2.75, 3.05) is 24.9 Å². The number of anilines is 4. The number of benzene rings is 1. The minimum atomic E-state index is -0.938. The number of ether oxygens (including phenoxy) is 2. The topological polar surface area (TPSA) is 94.1 Å². The van der Waals surface area contributed by atoms with E-state index in [4.69, 9.17) is 9.47 Å². The molecule has 3 aromatic heterocycles. The molecule has 0 radical (unpaired) electrons. The number of hydrogen-bond acceptors (Lipinski definition) is 8. The summed E-state index contributed by atoms with van der Waals surface area (Å²) in [6.45, 7) is 0. The lowest BCUT2D eigenvalue weighted by Crippen LogP contribution is -2.02. The van der Waals surface area contributed by atoms with Crippen LogP contribution in [0.15, 0.2) is 48.9 Å². The second-order valence-corrected chi connectivity index (χ2v) is 6.13. The van der Waals surface area contributed by atoms with Crippen molar-refractivity contribution in [2.24, 2.45) is 0 Å². The van der Waals surface area contributed by atoms with Crippen molar-refractivity contribution in [2.45, 2.75) is 0 Å². The minimum Gasteiger partial charge on any atom is -0.491 e. The Kier molecular flexibility index (Phi) is 5.21. The molecular formula is C20H16F2N6O2. The number of hydrogen-bond donors (Lipinski definition) is 2. The molecule has 152 valence electrons. The third-order valence-electron chi connectivity index (χ3n) is 4.14. The van der Waals surface area contributed by atoms with Crippen LogP contribution in [0.25, 0.3) is 10.9 Å². The molecule has 0 amide bonds. The number of nitrogens with one attached hydrogen (secondary N) is 2. The fourth-order valence-corrected chi connectivity index (χ4v) is 2.76. The zero-order chi connectivity index (χ0) is 21.1. The van der Waals surface area contributed by atoms with Crippen molar-refractivity contribution >= 4 is 34.0 Å². The second-order valence-electron chi connectivity index (χ2n) is 6.13. The largest absolute Gasteiger partial charge is 0.491 e. The molecule has 0 atom stereocenters. The number of halogens is 2. The molecule has 0 aliphatic carbocycles. The fourth-order valence-electron chi connectivity index (χ4n) is 2.76. The predicted octanol–water partition coefficient (Wildman–Crippen LogP) is 4.20. The van der Waals surface area contributed by atoms with Crippen LogP contribution in [-0.4, -0.2) is 34.2 Å². The quantitative estimate of drug-likeness (QED) is 0.488. The first-order valence-corrected chi connectivity index (χ1v) is 8.75. The Labute approximate surface area is 169 Å². The van der Waals surface area contributed by atoms with E-state index in [1.165, 1.54) is 20.4 Å². The highest BCUT2D eigenvalue weighted by molar-refractivity contribution is 5.82. The Balaban J connectivity index is 1.55. The van der Waals surface area contributed by atoms with Gasteiger partial charge in [-0.15, -0.1) is 0 Å². The van der Waals surface area contributed by atoms with Crippen molar-refractivity contribution < 1.29 is 18.3 Å². The van der Waals surface area contributed by atoms with Crippen LogP contribution in [0.1, 0.15) is 0 Å². The number of aromatic nitrogens is 4. The SMILES string of the molecule is COc1cc(Nc2nccc(Nc3cnc4cc(F)c(F)cc4c3)n2)cnc1OC. The molecule has 8 nitrogen and oxygen atoms in total. The van der Waals surface area contributed by atoms with Gasteiger partial charge < -0.3 is 20.1 Å². The van der Waals surface area contributed by atoms with Gasteiger partial charge in [-0.1, -0.05) is 0 Å². The van der Waals surface area contributed by atoms with E-state index in [9.17, 15) is 8.78 Å². The lowest BCUT2D eigenvalue weighted by molar-refractivity contribution is 0.343. The Hall–Kier alpha value is -4.08. The van der Waals surface area contributed by atoms with Gasteiger partial charge in [0, 0.05) is 23.7 Å². The van der Waals surface area contributed by atoms with Gasteiger partial charge in [0.05, 0.1) is 43.5 Å². The normalized spacial score (nSPS) is 10.7. The van der Waals surface area contributed by atoms with Crippen LogP contribution in [-0.2, 0) is 0 Å². The first-order valence-electron chi connectivity index (χ1n) is 8.75. The van der Waals surface area contributed by atoms with Gasteiger partial charge in [0.25, 0.3) is 5.88 Å². The Morgan fingerprint density at radius 3 is 2.40 bits per heavy atom.